The van der Waals surface area contributed by atoms with E-state index < -0.39 is 6.04 Å². The van der Waals surface area contributed by atoms with Crippen LogP contribution in [-0.2, 0) is 11.2 Å². The second-order valence-corrected chi connectivity index (χ2v) is 3.06. The topological polar surface area (TPSA) is 43.1 Å². The van der Waals surface area contributed by atoms with E-state index in [2.05, 4.69) is 0 Å². The molecule has 1 aromatic rings. The third-order valence-corrected chi connectivity index (χ3v) is 1.78. The molecule has 2 nitrogen and oxygen atoms in total. The summed E-state index contributed by atoms with van der Waals surface area (Å²) in [5.41, 5.74) is 6.05. The minimum atomic E-state index is -0.483. The van der Waals surface area contributed by atoms with Gasteiger partial charge in [0.1, 0.15) is 5.82 Å². The SMILES string of the molecule is CC(N)C(=O)Cc1cccc(F)c1. The molecule has 1 aromatic carbocycles. The molecule has 0 saturated heterocycles. The predicted molar refractivity (Wildman–Crippen MR) is 48.8 cm³/mol. The van der Waals surface area contributed by atoms with E-state index in [9.17, 15) is 9.18 Å². The zero-order valence-electron chi connectivity index (χ0n) is 7.46. The molecule has 0 heterocycles. The summed E-state index contributed by atoms with van der Waals surface area (Å²) in [6.07, 6.45) is 0.204. The molecule has 0 saturated carbocycles. The second kappa shape index (κ2) is 4.14. The Bertz CT molecular complexity index is 310. The molecule has 0 aliphatic rings. The van der Waals surface area contributed by atoms with Crippen LogP contribution in [0.1, 0.15) is 12.5 Å². The molecule has 0 fully saturated rings. The van der Waals surface area contributed by atoms with Gasteiger partial charge in [0.05, 0.1) is 6.04 Å². The summed E-state index contributed by atoms with van der Waals surface area (Å²) >= 11 is 0. The van der Waals surface area contributed by atoms with Crippen LogP contribution in [0.25, 0.3) is 0 Å². The van der Waals surface area contributed by atoms with Crippen molar-refractivity contribution in [1.82, 2.24) is 0 Å². The largest absolute Gasteiger partial charge is 0.322 e. The maximum atomic E-state index is 12.7. The molecule has 0 radical (unpaired) electrons. The van der Waals surface area contributed by atoms with E-state index in [1.165, 1.54) is 12.1 Å². The van der Waals surface area contributed by atoms with Crippen molar-refractivity contribution in [2.45, 2.75) is 19.4 Å². The van der Waals surface area contributed by atoms with Gasteiger partial charge in [0.2, 0.25) is 0 Å². The summed E-state index contributed by atoms with van der Waals surface area (Å²) in [6, 6.07) is 5.51. The lowest BCUT2D eigenvalue weighted by Crippen LogP contribution is -2.28. The molecule has 0 aromatic heterocycles. The number of ketones is 1. The fraction of sp³-hybridized carbons (Fsp3) is 0.300. The monoisotopic (exact) mass is 181 g/mol. The number of hydrogen-bond acceptors (Lipinski definition) is 2. The van der Waals surface area contributed by atoms with Gasteiger partial charge in [0, 0.05) is 6.42 Å². The number of carbonyl (C=O) groups is 1. The quantitative estimate of drug-likeness (QED) is 0.763. The lowest BCUT2D eigenvalue weighted by molar-refractivity contribution is -0.119. The van der Waals surface area contributed by atoms with Gasteiger partial charge < -0.3 is 5.73 Å². The Morgan fingerprint density at radius 2 is 2.31 bits per heavy atom. The first-order valence-corrected chi connectivity index (χ1v) is 4.12. The molecule has 0 bridgehead atoms. The number of nitrogens with two attached hydrogens (primary N) is 1. The standard InChI is InChI=1S/C10H12FNO/c1-7(12)10(13)6-8-3-2-4-9(11)5-8/h2-5,7H,6,12H2,1H3. The Hall–Kier alpha value is -1.22. The van der Waals surface area contributed by atoms with Gasteiger partial charge in [-0.1, -0.05) is 12.1 Å². The van der Waals surface area contributed by atoms with Gasteiger partial charge in [0.15, 0.2) is 5.78 Å². The Morgan fingerprint density at radius 3 is 2.85 bits per heavy atom. The van der Waals surface area contributed by atoms with E-state index in [0.29, 0.717) is 5.56 Å². The Balaban J connectivity index is 2.69. The van der Waals surface area contributed by atoms with Crippen molar-refractivity contribution in [1.29, 1.82) is 0 Å². The average Bonchev–Trinajstić information content (AvgIpc) is 2.04. The van der Waals surface area contributed by atoms with Crippen LogP contribution < -0.4 is 5.73 Å². The van der Waals surface area contributed by atoms with Crippen molar-refractivity contribution >= 4 is 5.78 Å². The van der Waals surface area contributed by atoms with Gasteiger partial charge in [-0.2, -0.15) is 0 Å². The van der Waals surface area contributed by atoms with Crippen LogP contribution in [0.3, 0.4) is 0 Å². The lowest BCUT2D eigenvalue weighted by Gasteiger charge is -2.03. The Morgan fingerprint density at radius 1 is 1.62 bits per heavy atom. The third kappa shape index (κ3) is 2.95. The van der Waals surface area contributed by atoms with Crippen LogP contribution in [0, 0.1) is 5.82 Å². The zero-order chi connectivity index (χ0) is 9.84. The predicted octanol–water partition coefficient (Wildman–Crippen LogP) is 1.28. The van der Waals surface area contributed by atoms with Crippen molar-refractivity contribution in [3.63, 3.8) is 0 Å². The van der Waals surface area contributed by atoms with E-state index in [0.717, 1.165) is 0 Å². The van der Waals surface area contributed by atoms with Crippen LogP contribution in [-0.4, -0.2) is 11.8 Å². The van der Waals surface area contributed by atoms with Crippen molar-refractivity contribution in [2.24, 2.45) is 5.73 Å². The van der Waals surface area contributed by atoms with E-state index >= 15 is 0 Å². The molecule has 1 atom stereocenters. The molecule has 1 rings (SSSR count). The highest BCUT2D eigenvalue weighted by molar-refractivity contribution is 5.85. The minimum absolute atomic E-state index is 0.0781. The summed E-state index contributed by atoms with van der Waals surface area (Å²) in [5, 5.41) is 0. The van der Waals surface area contributed by atoms with Gasteiger partial charge >= 0.3 is 0 Å². The molecular formula is C10H12FNO. The molecule has 2 N–H and O–H groups in total. The van der Waals surface area contributed by atoms with Crippen molar-refractivity contribution in [2.75, 3.05) is 0 Å². The smallest absolute Gasteiger partial charge is 0.153 e. The molecule has 70 valence electrons. The Labute approximate surface area is 76.6 Å². The van der Waals surface area contributed by atoms with Crippen molar-refractivity contribution in [3.8, 4) is 0 Å². The summed E-state index contributed by atoms with van der Waals surface area (Å²) in [7, 11) is 0. The fourth-order valence-electron chi connectivity index (χ4n) is 1.01. The maximum absolute atomic E-state index is 12.7. The maximum Gasteiger partial charge on any atom is 0.153 e. The van der Waals surface area contributed by atoms with Crippen LogP contribution in [0.4, 0.5) is 4.39 Å². The second-order valence-electron chi connectivity index (χ2n) is 3.06. The highest BCUT2D eigenvalue weighted by Gasteiger charge is 2.08. The van der Waals surface area contributed by atoms with E-state index in [1.54, 1.807) is 19.1 Å². The van der Waals surface area contributed by atoms with Gasteiger partial charge in [-0.15, -0.1) is 0 Å². The van der Waals surface area contributed by atoms with Gasteiger partial charge in [0.25, 0.3) is 0 Å². The van der Waals surface area contributed by atoms with Gasteiger partial charge in [-0.3, -0.25) is 4.79 Å². The van der Waals surface area contributed by atoms with Gasteiger partial charge in [-0.25, -0.2) is 4.39 Å². The van der Waals surface area contributed by atoms with Crippen LogP contribution in [0.5, 0.6) is 0 Å². The highest BCUT2D eigenvalue weighted by Crippen LogP contribution is 2.05. The molecule has 0 aliphatic heterocycles. The number of hydrogen-bond donors (Lipinski definition) is 1. The lowest BCUT2D eigenvalue weighted by atomic mass is 10.1. The van der Waals surface area contributed by atoms with Crippen molar-refractivity contribution < 1.29 is 9.18 Å². The van der Waals surface area contributed by atoms with E-state index in [1.807, 2.05) is 0 Å². The summed E-state index contributed by atoms with van der Waals surface area (Å²) in [5.74, 6) is -0.402. The molecule has 0 spiro atoms. The minimum Gasteiger partial charge on any atom is -0.322 e. The Kier molecular flexibility index (Phi) is 3.14. The third-order valence-electron chi connectivity index (χ3n) is 1.78. The zero-order valence-corrected chi connectivity index (χ0v) is 7.46. The summed E-state index contributed by atoms with van der Waals surface area (Å²) < 4.78 is 12.7. The van der Waals surface area contributed by atoms with Gasteiger partial charge in [-0.05, 0) is 24.6 Å². The highest BCUT2D eigenvalue weighted by atomic mass is 19.1. The molecule has 13 heavy (non-hydrogen) atoms. The van der Waals surface area contributed by atoms with Crippen molar-refractivity contribution in [3.05, 3.63) is 35.6 Å². The molecule has 1 unspecified atom stereocenters. The summed E-state index contributed by atoms with van der Waals surface area (Å²) in [6.45, 7) is 1.63. The summed E-state index contributed by atoms with van der Waals surface area (Å²) in [4.78, 5) is 11.2. The van der Waals surface area contributed by atoms with E-state index in [4.69, 9.17) is 5.73 Å². The molecule has 3 heteroatoms. The first-order valence-electron chi connectivity index (χ1n) is 4.12. The number of Topliss-reactive ketones (excluding diaryl/α,β-unsaturated/α-hetero) is 1. The number of halogens is 1. The molecule has 0 aliphatic carbocycles. The normalized spacial score (nSPS) is 12.5. The fourth-order valence-corrected chi connectivity index (χ4v) is 1.01. The first-order chi connectivity index (χ1) is 6.09. The molecule has 0 amide bonds. The molecular weight excluding hydrogens is 169 g/mol. The number of carbonyl (C=O) groups excluding carboxylic acids is 1. The average molecular weight is 181 g/mol. The van der Waals surface area contributed by atoms with Crippen LogP contribution in [0.2, 0.25) is 0 Å². The van der Waals surface area contributed by atoms with Crippen LogP contribution in [0.15, 0.2) is 24.3 Å². The van der Waals surface area contributed by atoms with Crippen LogP contribution >= 0.6 is 0 Å². The number of benzene rings is 1. The van der Waals surface area contributed by atoms with E-state index in [-0.39, 0.29) is 18.0 Å². The number of rotatable bonds is 3. The first kappa shape index (κ1) is 9.86.